The van der Waals surface area contributed by atoms with Crippen LogP contribution in [-0.2, 0) is 14.3 Å². The number of benzene rings is 1. The third-order valence-electron chi connectivity index (χ3n) is 2.88. The largest absolute Gasteiger partial charge is 0.504 e. The van der Waals surface area contributed by atoms with Gasteiger partial charge in [0.15, 0.2) is 17.1 Å². The number of aliphatic hydroxyl groups is 2. The minimum Gasteiger partial charge on any atom is -0.504 e. The molecule has 0 aliphatic heterocycles. The summed E-state index contributed by atoms with van der Waals surface area (Å²) in [4.78, 5) is 22.1. The monoisotopic (exact) mass is 312 g/mol. The SMILES string of the molecule is C[C@@](O)(C(=O)O)[C@@H](O)COC(=O)C=Cc1ccc(O)c(O)c1. The lowest BCUT2D eigenvalue weighted by Crippen LogP contribution is -2.49. The van der Waals surface area contributed by atoms with Gasteiger partial charge in [-0.05, 0) is 30.7 Å². The van der Waals surface area contributed by atoms with Crippen molar-refractivity contribution in [3.63, 3.8) is 0 Å². The Kier molecular flexibility index (Phi) is 5.50. The average Bonchev–Trinajstić information content (AvgIpc) is 2.45. The van der Waals surface area contributed by atoms with E-state index in [1.54, 1.807) is 0 Å². The summed E-state index contributed by atoms with van der Waals surface area (Å²) >= 11 is 0. The normalized spacial score (nSPS) is 15.2. The highest BCUT2D eigenvalue weighted by atomic mass is 16.5. The molecule has 0 fully saturated rings. The molecule has 0 bridgehead atoms. The fourth-order valence-corrected chi connectivity index (χ4v) is 1.32. The number of aliphatic carboxylic acids is 1. The second kappa shape index (κ2) is 6.92. The van der Waals surface area contributed by atoms with Crippen molar-refractivity contribution >= 4 is 18.0 Å². The molecular weight excluding hydrogens is 296 g/mol. The standard InChI is InChI=1S/C14H16O8/c1-14(21,13(19)20)11(17)7-22-12(18)5-3-8-2-4-9(15)10(16)6-8/h2-6,11,15-17,21H,7H2,1H3,(H,19,20)/t11-,14-/m0/s1. The maximum absolute atomic E-state index is 11.4. The van der Waals surface area contributed by atoms with Crippen molar-refractivity contribution in [2.45, 2.75) is 18.6 Å². The van der Waals surface area contributed by atoms with Gasteiger partial charge in [0, 0.05) is 6.08 Å². The molecule has 0 saturated carbocycles. The van der Waals surface area contributed by atoms with Crippen molar-refractivity contribution < 1.29 is 39.9 Å². The van der Waals surface area contributed by atoms with Gasteiger partial charge in [-0.2, -0.15) is 0 Å². The highest BCUT2D eigenvalue weighted by Crippen LogP contribution is 2.25. The van der Waals surface area contributed by atoms with Gasteiger partial charge >= 0.3 is 11.9 Å². The predicted molar refractivity (Wildman–Crippen MR) is 74.0 cm³/mol. The summed E-state index contributed by atoms with van der Waals surface area (Å²) in [7, 11) is 0. The number of carbonyl (C=O) groups is 2. The van der Waals surface area contributed by atoms with Crippen LogP contribution < -0.4 is 0 Å². The Hall–Kier alpha value is -2.58. The van der Waals surface area contributed by atoms with Gasteiger partial charge in [-0.25, -0.2) is 9.59 Å². The van der Waals surface area contributed by atoms with E-state index in [2.05, 4.69) is 4.74 Å². The number of hydrogen-bond acceptors (Lipinski definition) is 7. The van der Waals surface area contributed by atoms with Gasteiger partial charge in [0.25, 0.3) is 0 Å². The number of hydrogen-bond donors (Lipinski definition) is 5. The molecule has 1 rings (SSSR count). The van der Waals surface area contributed by atoms with E-state index in [1.807, 2.05) is 0 Å². The summed E-state index contributed by atoms with van der Waals surface area (Å²) in [6.07, 6.45) is 0.470. The van der Waals surface area contributed by atoms with Crippen molar-refractivity contribution in [3.8, 4) is 11.5 Å². The molecule has 0 unspecified atom stereocenters. The Bertz CT molecular complexity index is 591. The van der Waals surface area contributed by atoms with Crippen molar-refractivity contribution in [1.29, 1.82) is 0 Å². The molecule has 0 amide bonds. The minimum absolute atomic E-state index is 0.307. The molecule has 0 saturated heterocycles. The number of carbonyl (C=O) groups excluding carboxylic acids is 1. The number of rotatable bonds is 6. The fraction of sp³-hybridized carbons (Fsp3) is 0.286. The number of aliphatic hydroxyl groups excluding tert-OH is 1. The molecule has 1 aromatic rings. The molecule has 0 aromatic heterocycles. The molecule has 5 N–H and O–H groups in total. The zero-order chi connectivity index (χ0) is 16.9. The highest BCUT2D eigenvalue weighted by molar-refractivity contribution is 5.87. The lowest BCUT2D eigenvalue weighted by atomic mass is 10.0. The molecule has 2 atom stereocenters. The Labute approximate surface area is 125 Å². The summed E-state index contributed by atoms with van der Waals surface area (Å²) in [5.41, 5.74) is -2.03. The molecule has 120 valence electrons. The first-order chi connectivity index (χ1) is 10.1. The Morgan fingerprint density at radius 2 is 1.95 bits per heavy atom. The smallest absolute Gasteiger partial charge is 0.338 e. The first kappa shape index (κ1) is 17.5. The Morgan fingerprint density at radius 3 is 2.50 bits per heavy atom. The van der Waals surface area contributed by atoms with Crippen LogP contribution in [0.1, 0.15) is 12.5 Å². The second-order valence-electron chi connectivity index (χ2n) is 4.68. The molecule has 22 heavy (non-hydrogen) atoms. The van der Waals surface area contributed by atoms with Crippen LogP contribution in [-0.4, -0.2) is 55.8 Å². The predicted octanol–water partition coefficient (Wildman–Crippen LogP) is -0.149. The van der Waals surface area contributed by atoms with Crippen LogP contribution in [0.15, 0.2) is 24.3 Å². The topological polar surface area (TPSA) is 145 Å². The molecule has 0 heterocycles. The second-order valence-corrected chi connectivity index (χ2v) is 4.68. The zero-order valence-electron chi connectivity index (χ0n) is 11.6. The van der Waals surface area contributed by atoms with Crippen LogP contribution >= 0.6 is 0 Å². The van der Waals surface area contributed by atoms with E-state index in [1.165, 1.54) is 24.3 Å². The van der Waals surface area contributed by atoms with E-state index in [9.17, 15) is 24.9 Å². The van der Waals surface area contributed by atoms with E-state index >= 15 is 0 Å². The van der Waals surface area contributed by atoms with Crippen LogP contribution in [0.3, 0.4) is 0 Å². The van der Waals surface area contributed by atoms with Crippen molar-refractivity contribution in [2.75, 3.05) is 6.61 Å². The van der Waals surface area contributed by atoms with Crippen molar-refractivity contribution in [3.05, 3.63) is 29.8 Å². The summed E-state index contributed by atoms with van der Waals surface area (Å²) in [6, 6.07) is 3.88. The first-order valence-corrected chi connectivity index (χ1v) is 6.15. The third kappa shape index (κ3) is 4.47. The summed E-state index contributed by atoms with van der Waals surface area (Å²) in [5, 5.41) is 45.9. The number of ether oxygens (including phenoxy) is 1. The minimum atomic E-state index is -2.44. The van der Waals surface area contributed by atoms with E-state index in [0.717, 1.165) is 13.0 Å². The average molecular weight is 312 g/mol. The van der Waals surface area contributed by atoms with E-state index in [0.29, 0.717) is 5.56 Å². The number of phenolic OH excluding ortho intramolecular Hbond substituents is 2. The third-order valence-corrected chi connectivity index (χ3v) is 2.88. The summed E-state index contributed by atoms with van der Waals surface area (Å²) < 4.78 is 4.61. The lowest BCUT2D eigenvalue weighted by molar-refractivity contribution is -0.175. The fourth-order valence-electron chi connectivity index (χ4n) is 1.32. The van der Waals surface area contributed by atoms with Gasteiger partial charge in [-0.1, -0.05) is 6.07 Å². The Morgan fingerprint density at radius 1 is 1.32 bits per heavy atom. The molecule has 0 aliphatic carbocycles. The van der Waals surface area contributed by atoms with E-state index in [4.69, 9.17) is 10.2 Å². The number of aromatic hydroxyl groups is 2. The van der Waals surface area contributed by atoms with E-state index < -0.39 is 30.3 Å². The molecule has 0 spiro atoms. The summed E-state index contributed by atoms with van der Waals surface area (Å²) in [5.74, 6) is -3.19. The molecular formula is C14H16O8. The number of carboxylic acid groups (broad SMARTS) is 1. The molecule has 0 aliphatic rings. The van der Waals surface area contributed by atoms with Gasteiger partial charge in [0.05, 0.1) is 0 Å². The van der Waals surface area contributed by atoms with Gasteiger partial charge < -0.3 is 30.3 Å². The quantitative estimate of drug-likeness (QED) is 0.277. The van der Waals surface area contributed by atoms with Crippen molar-refractivity contribution in [1.82, 2.24) is 0 Å². The number of esters is 1. The van der Waals surface area contributed by atoms with Gasteiger partial charge in [0.2, 0.25) is 0 Å². The maximum Gasteiger partial charge on any atom is 0.338 e. The Balaban J connectivity index is 2.58. The number of phenols is 2. The van der Waals surface area contributed by atoms with Crippen LogP contribution in [0.25, 0.3) is 6.08 Å². The highest BCUT2D eigenvalue weighted by Gasteiger charge is 2.39. The molecule has 8 heteroatoms. The van der Waals surface area contributed by atoms with Crippen LogP contribution in [0, 0.1) is 0 Å². The lowest BCUT2D eigenvalue weighted by Gasteiger charge is -2.23. The van der Waals surface area contributed by atoms with Crippen LogP contribution in [0.2, 0.25) is 0 Å². The van der Waals surface area contributed by atoms with Gasteiger partial charge in [-0.15, -0.1) is 0 Å². The van der Waals surface area contributed by atoms with E-state index in [-0.39, 0.29) is 11.5 Å². The molecule has 1 aromatic carbocycles. The first-order valence-electron chi connectivity index (χ1n) is 6.15. The summed E-state index contributed by atoms with van der Waals surface area (Å²) in [6.45, 7) is 0.173. The number of carboxylic acids is 1. The van der Waals surface area contributed by atoms with Gasteiger partial charge in [-0.3, -0.25) is 0 Å². The molecule has 8 nitrogen and oxygen atoms in total. The van der Waals surface area contributed by atoms with Crippen molar-refractivity contribution in [2.24, 2.45) is 0 Å². The maximum atomic E-state index is 11.4. The van der Waals surface area contributed by atoms with Crippen LogP contribution in [0.4, 0.5) is 0 Å². The zero-order valence-corrected chi connectivity index (χ0v) is 11.6. The molecule has 0 radical (unpaired) electrons. The van der Waals surface area contributed by atoms with Crippen LogP contribution in [0.5, 0.6) is 11.5 Å². The van der Waals surface area contributed by atoms with Gasteiger partial charge in [0.1, 0.15) is 12.7 Å².